The van der Waals surface area contributed by atoms with Gasteiger partial charge in [0.1, 0.15) is 13.2 Å². The predicted molar refractivity (Wildman–Crippen MR) is 316 cm³/mol. The Labute approximate surface area is 449 Å². The zero-order valence-electron chi connectivity index (χ0n) is 47.1. The van der Waals surface area contributed by atoms with E-state index in [2.05, 4.69) is 154 Å². The zero-order valence-corrected chi connectivity index (χ0v) is 47.1. The molecule has 0 saturated heterocycles. The summed E-state index contributed by atoms with van der Waals surface area (Å²) in [6.07, 6.45) is 84.4. The molecule has 1 atom stereocenters. The summed E-state index contributed by atoms with van der Waals surface area (Å²) < 4.78 is 16.8. The molecule has 0 spiro atoms. The van der Waals surface area contributed by atoms with Gasteiger partial charge in [0.15, 0.2) is 6.10 Å². The van der Waals surface area contributed by atoms with Crippen molar-refractivity contribution in [3.05, 3.63) is 134 Å². The lowest BCUT2D eigenvalue weighted by molar-refractivity contribution is -0.167. The lowest BCUT2D eigenvalue weighted by Gasteiger charge is -2.18. The van der Waals surface area contributed by atoms with Crippen LogP contribution in [0.4, 0.5) is 0 Å². The van der Waals surface area contributed by atoms with Crippen molar-refractivity contribution >= 4 is 17.9 Å². The summed E-state index contributed by atoms with van der Waals surface area (Å²) in [6, 6.07) is 0. The van der Waals surface area contributed by atoms with Crippen molar-refractivity contribution in [1.29, 1.82) is 0 Å². The highest BCUT2D eigenvalue weighted by molar-refractivity contribution is 5.71. The molecular weight excluding hydrogens is 901 g/mol. The maximum atomic E-state index is 12.9. The third kappa shape index (κ3) is 58.3. The van der Waals surface area contributed by atoms with Gasteiger partial charge in [-0.15, -0.1) is 0 Å². The van der Waals surface area contributed by atoms with E-state index < -0.39 is 6.10 Å². The SMILES string of the molecule is CC/C=C\C/C=C\C/C=C\C/C=C\C/C=C\C/C=C\C/C=C\CCCCCC(=O)OCC(COC(=O)CCCCCCCCCCCCC)OC(=O)CCCCCCCC/C=C\C/C=C\C/C=C\C/C=C\CC. The Morgan fingerprint density at radius 2 is 0.534 bits per heavy atom. The first kappa shape index (κ1) is 68.6. The Bertz CT molecular complexity index is 1580. The highest BCUT2D eigenvalue weighted by atomic mass is 16.6. The van der Waals surface area contributed by atoms with Crippen molar-refractivity contribution in [2.45, 2.75) is 258 Å². The number of rotatable bonds is 52. The molecular formula is C67H108O6. The minimum absolute atomic E-state index is 0.0972. The lowest BCUT2D eigenvalue weighted by atomic mass is 10.1. The van der Waals surface area contributed by atoms with Crippen LogP contribution in [0.5, 0.6) is 0 Å². The van der Waals surface area contributed by atoms with Crippen LogP contribution >= 0.6 is 0 Å². The van der Waals surface area contributed by atoms with Gasteiger partial charge in [0, 0.05) is 19.3 Å². The summed E-state index contributed by atoms with van der Waals surface area (Å²) in [5, 5.41) is 0. The first-order valence-electron chi connectivity index (χ1n) is 29.7. The van der Waals surface area contributed by atoms with Gasteiger partial charge in [-0.25, -0.2) is 0 Å². The van der Waals surface area contributed by atoms with E-state index in [0.717, 1.165) is 148 Å². The number of esters is 3. The minimum Gasteiger partial charge on any atom is -0.462 e. The van der Waals surface area contributed by atoms with E-state index in [1.165, 1.54) is 64.2 Å². The minimum atomic E-state index is -0.803. The molecule has 0 rings (SSSR count). The van der Waals surface area contributed by atoms with Crippen molar-refractivity contribution in [3.8, 4) is 0 Å². The first-order valence-corrected chi connectivity index (χ1v) is 29.7. The molecule has 0 fully saturated rings. The van der Waals surface area contributed by atoms with E-state index in [0.29, 0.717) is 19.3 Å². The number of ether oxygens (including phenoxy) is 3. The fourth-order valence-electron chi connectivity index (χ4n) is 7.77. The predicted octanol–water partition coefficient (Wildman–Crippen LogP) is 20.2. The summed E-state index contributed by atoms with van der Waals surface area (Å²) in [4.78, 5) is 38.2. The second-order valence-corrected chi connectivity index (χ2v) is 19.1. The second kappa shape index (κ2) is 60.1. The summed E-state index contributed by atoms with van der Waals surface area (Å²) in [6.45, 7) is 6.36. The van der Waals surface area contributed by atoms with Crippen molar-refractivity contribution in [2.24, 2.45) is 0 Å². The lowest BCUT2D eigenvalue weighted by Crippen LogP contribution is -2.30. The highest BCUT2D eigenvalue weighted by Crippen LogP contribution is 2.14. The van der Waals surface area contributed by atoms with Gasteiger partial charge in [0.25, 0.3) is 0 Å². The summed E-state index contributed by atoms with van der Waals surface area (Å²) in [7, 11) is 0. The summed E-state index contributed by atoms with van der Waals surface area (Å²) >= 11 is 0. The topological polar surface area (TPSA) is 78.9 Å². The van der Waals surface area contributed by atoms with Crippen LogP contribution in [0.25, 0.3) is 0 Å². The molecule has 0 aromatic carbocycles. The third-order valence-electron chi connectivity index (χ3n) is 12.2. The molecule has 73 heavy (non-hydrogen) atoms. The van der Waals surface area contributed by atoms with E-state index in [9.17, 15) is 14.4 Å². The highest BCUT2D eigenvalue weighted by Gasteiger charge is 2.19. The zero-order chi connectivity index (χ0) is 52.9. The molecule has 0 heterocycles. The fraction of sp³-hybridized carbons (Fsp3) is 0.627. The van der Waals surface area contributed by atoms with Crippen LogP contribution in [0.1, 0.15) is 252 Å². The first-order chi connectivity index (χ1) is 36.0. The molecule has 0 bridgehead atoms. The monoisotopic (exact) mass is 1010 g/mol. The van der Waals surface area contributed by atoms with Crippen molar-refractivity contribution in [3.63, 3.8) is 0 Å². The largest absolute Gasteiger partial charge is 0.462 e. The third-order valence-corrected chi connectivity index (χ3v) is 12.2. The molecule has 0 aliphatic rings. The van der Waals surface area contributed by atoms with Gasteiger partial charge in [0.2, 0.25) is 0 Å². The van der Waals surface area contributed by atoms with Crippen LogP contribution < -0.4 is 0 Å². The van der Waals surface area contributed by atoms with Gasteiger partial charge in [-0.05, 0) is 116 Å². The molecule has 1 unspecified atom stereocenters. The van der Waals surface area contributed by atoms with Crippen LogP contribution in [-0.2, 0) is 28.6 Å². The number of hydrogen-bond donors (Lipinski definition) is 0. The molecule has 0 saturated carbocycles. The van der Waals surface area contributed by atoms with E-state index in [4.69, 9.17) is 14.2 Å². The van der Waals surface area contributed by atoms with Gasteiger partial charge >= 0.3 is 17.9 Å². The molecule has 0 aromatic heterocycles. The molecule has 412 valence electrons. The van der Waals surface area contributed by atoms with Crippen LogP contribution in [-0.4, -0.2) is 37.2 Å². The molecule has 0 N–H and O–H groups in total. The van der Waals surface area contributed by atoms with Crippen LogP contribution in [0.2, 0.25) is 0 Å². The van der Waals surface area contributed by atoms with Crippen LogP contribution in [0.3, 0.4) is 0 Å². The Morgan fingerprint density at radius 1 is 0.288 bits per heavy atom. The van der Waals surface area contributed by atoms with Crippen molar-refractivity contribution in [2.75, 3.05) is 13.2 Å². The van der Waals surface area contributed by atoms with Gasteiger partial charge in [-0.3, -0.25) is 14.4 Å². The number of carbonyl (C=O) groups excluding carboxylic acids is 3. The smallest absolute Gasteiger partial charge is 0.306 e. The number of carbonyl (C=O) groups is 3. The summed E-state index contributed by atoms with van der Waals surface area (Å²) in [5.41, 5.74) is 0. The molecule has 6 nitrogen and oxygen atoms in total. The molecule has 0 aromatic rings. The summed E-state index contributed by atoms with van der Waals surface area (Å²) in [5.74, 6) is -0.948. The molecule has 6 heteroatoms. The number of hydrogen-bond acceptors (Lipinski definition) is 6. The quantitative estimate of drug-likeness (QED) is 0.0261. The Hall–Kier alpha value is -4.45. The molecule has 0 aliphatic heterocycles. The molecule has 0 aliphatic carbocycles. The van der Waals surface area contributed by atoms with Gasteiger partial charge < -0.3 is 14.2 Å². The van der Waals surface area contributed by atoms with Gasteiger partial charge in [0.05, 0.1) is 0 Å². The standard InChI is InChI=1S/C67H108O6/c1-4-7-10-13-16-19-22-24-26-28-30-31-32-33-34-35-37-38-40-42-45-48-51-54-57-60-66(69)72-63-64(62-71-65(68)59-56-53-50-47-44-21-18-15-12-9-6-3)73-67(70)61-58-55-52-49-46-43-41-39-36-29-27-25-23-20-17-14-11-8-5-2/h7-8,10-11,16-17,19-20,24-27,30-31,33-34,36-39,42,45,64H,4-6,9,12-15,18,21-23,28-29,32,35,40-41,43-44,46-63H2,1-3H3/b10-7-,11-8-,19-16-,20-17-,26-24-,27-25-,31-30-,34-33-,38-37-,39-36-,45-42-. The average molecular weight is 1010 g/mol. The average Bonchev–Trinajstić information content (AvgIpc) is 3.39. The molecule has 0 radical (unpaired) electrons. The van der Waals surface area contributed by atoms with Crippen LogP contribution in [0, 0.1) is 0 Å². The maximum absolute atomic E-state index is 12.9. The van der Waals surface area contributed by atoms with E-state index in [1.54, 1.807) is 0 Å². The van der Waals surface area contributed by atoms with E-state index >= 15 is 0 Å². The van der Waals surface area contributed by atoms with Gasteiger partial charge in [-0.2, -0.15) is 0 Å². The van der Waals surface area contributed by atoms with Crippen LogP contribution in [0.15, 0.2) is 134 Å². The number of allylic oxidation sites excluding steroid dienone is 22. The van der Waals surface area contributed by atoms with E-state index in [1.807, 2.05) is 0 Å². The maximum Gasteiger partial charge on any atom is 0.306 e. The Morgan fingerprint density at radius 3 is 0.849 bits per heavy atom. The molecule has 0 amide bonds. The van der Waals surface area contributed by atoms with E-state index in [-0.39, 0.29) is 31.1 Å². The Balaban J connectivity index is 4.43. The van der Waals surface area contributed by atoms with Crippen molar-refractivity contribution in [1.82, 2.24) is 0 Å². The van der Waals surface area contributed by atoms with Gasteiger partial charge in [-0.1, -0.05) is 251 Å². The normalized spacial score (nSPS) is 13.1. The number of unbranched alkanes of at least 4 members (excludes halogenated alkanes) is 19. The Kier molecular flexibility index (Phi) is 56.4. The fourth-order valence-corrected chi connectivity index (χ4v) is 7.77. The van der Waals surface area contributed by atoms with Crippen molar-refractivity contribution < 1.29 is 28.6 Å². The second-order valence-electron chi connectivity index (χ2n) is 19.1.